The molecule has 0 fully saturated rings. The lowest BCUT2D eigenvalue weighted by molar-refractivity contribution is 0.0914. The van der Waals surface area contributed by atoms with Crippen LogP contribution in [-0.4, -0.2) is 53.5 Å². The second-order valence-corrected chi connectivity index (χ2v) is 6.12. The molecule has 0 saturated carbocycles. The van der Waals surface area contributed by atoms with E-state index in [2.05, 4.69) is 25.5 Å². The van der Waals surface area contributed by atoms with Crippen LogP contribution in [0, 0.1) is 6.92 Å². The Labute approximate surface area is 121 Å². The Hall–Kier alpha value is -1.69. The maximum Gasteiger partial charge on any atom is 0.270 e. The predicted octanol–water partition coefficient (Wildman–Crippen LogP) is 1.29. The summed E-state index contributed by atoms with van der Waals surface area (Å²) < 4.78 is 0. The lowest BCUT2D eigenvalue weighted by Crippen LogP contribution is -2.41. The lowest BCUT2D eigenvalue weighted by Gasteiger charge is -2.20. The average molecular weight is 279 g/mol. The number of carbonyl (C=O) groups excluding carboxylic acids is 1. The van der Waals surface area contributed by atoms with Crippen molar-refractivity contribution in [2.45, 2.75) is 33.2 Å². The van der Waals surface area contributed by atoms with Gasteiger partial charge in [0.2, 0.25) is 0 Å². The van der Waals surface area contributed by atoms with Crippen LogP contribution >= 0.6 is 0 Å². The highest BCUT2D eigenvalue weighted by Gasteiger charge is 2.17. The van der Waals surface area contributed by atoms with Crippen LogP contribution in [0.25, 0.3) is 0 Å². The number of aromatic nitrogens is 2. The Kier molecular flexibility index (Phi) is 5.44. The monoisotopic (exact) mass is 279 g/mol. The summed E-state index contributed by atoms with van der Waals surface area (Å²) in [6.07, 6.45) is 0. The molecule has 0 aromatic carbocycles. The number of aryl methyl sites for hydroxylation is 1. The normalized spacial score (nSPS) is 11.6. The number of nitrogens with one attached hydrogen (secondary N) is 2. The Morgan fingerprint density at radius 1 is 1.30 bits per heavy atom. The molecule has 1 aromatic heterocycles. The first-order chi connectivity index (χ1) is 9.17. The Morgan fingerprint density at radius 2 is 1.95 bits per heavy atom. The van der Waals surface area contributed by atoms with Gasteiger partial charge in [-0.2, -0.15) is 0 Å². The van der Waals surface area contributed by atoms with E-state index in [1.165, 1.54) is 0 Å². The zero-order valence-electron chi connectivity index (χ0n) is 13.2. The van der Waals surface area contributed by atoms with Crippen LogP contribution in [0.5, 0.6) is 0 Å². The summed E-state index contributed by atoms with van der Waals surface area (Å²) in [6.45, 7) is 9.26. The smallest absolute Gasteiger partial charge is 0.270 e. The third-order valence-electron chi connectivity index (χ3n) is 2.42. The van der Waals surface area contributed by atoms with E-state index in [0.29, 0.717) is 17.3 Å². The van der Waals surface area contributed by atoms with E-state index in [1.807, 2.05) is 34.9 Å². The number of amides is 1. The minimum absolute atomic E-state index is 0.182. The van der Waals surface area contributed by atoms with Crippen molar-refractivity contribution < 1.29 is 4.79 Å². The number of anilines is 1. The SMILES string of the molecule is Cc1nc(NCCN(C)C)cc(C(=O)NC(C)(C)C)n1. The summed E-state index contributed by atoms with van der Waals surface area (Å²) in [6, 6.07) is 1.68. The first-order valence-corrected chi connectivity index (χ1v) is 6.74. The first kappa shape index (κ1) is 16.4. The number of carbonyl (C=O) groups is 1. The Balaban J connectivity index is 2.78. The molecule has 6 nitrogen and oxygen atoms in total. The van der Waals surface area contributed by atoms with Gasteiger partial charge in [0.1, 0.15) is 17.3 Å². The molecule has 2 N–H and O–H groups in total. The van der Waals surface area contributed by atoms with Crippen molar-refractivity contribution in [2.24, 2.45) is 0 Å². The van der Waals surface area contributed by atoms with E-state index in [1.54, 1.807) is 13.0 Å². The molecule has 0 aliphatic heterocycles. The highest BCUT2D eigenvalue weighted by Crippen LogP contribution is 2.08. The second kappa shape index (κ2) is 6.65. The zero-order chi connectivity index (χ0) is 15.3. The first-order valence-electron chi connectivity index (χ1n) is 6.74. The number of nitrogens with zero attached hydrogens (tertiary/aromatic N) is 3. The van der Waals surface area contributed by atoms with Gasteiger partial charge in [0.05, 0.1) is 0 Å². The molecule has 6 heteroatoms. The van der Waals surface area contributed by atoms with E-state index < -0.39 is 0 Å². The van der Waals surface area contributed by atoms with Crippen molar-refractivity contribution in [3.63, 3.8) is 0 Å². The Morgan fingerprint density at radius 3 is 2.50 bits per heavy atom. The van der Waals surface area contributed by atoms with Gasteiger partial charge in [0, 0.05) is 24.7 Å². The average Bonchev–Trinajstić information content (AvgIpc) is 2.25. The molecular formula is C14H25N5O. The summed E-state index contributed by atoms with van der Waals surface area (Å²) in [7, 11) is 4.02. The maximum atomic E-state index is 12.1. The highest BCUT2D eigenvalue weighted by atomic mass is 16.2. The van der Waals surface area contributed by atoms with Gasteiger partial charge < -0.3 is 15.5 Å². The van der Waals surface area contributed by atoms with Crippen LogP contribution < -0.4 is 10.6 Å². The number of hydrogen-bond acceptors (Lipinski definition) is 5. The minimum atomic E-state index is -0.283. The van der Waals surface area contributed by atoms with Crippen molar-refractivity contribution in [3.8, 4) is 0 Å². The van der Waals surface area contributed by atoms with E-state index in [0.717, 1.165) is 13.1 Å². The molecule has 20 heavy (non-hydrogen) atoms. The van der Waals surface area contributed by atoms with E-state index in [-0.39, 0.29) is 11.4 Å². The quantitative estimate of drug-likeness (QED) is 0.850. The summed E-state index contributed by atoms with van der Waals surface area (Å²) in [5.74, 6) is 1.08. The molecule has 0 aliphatic rings. The van der Waals surface area contributed by atoms with Crippen molar-refractivity contribution in [2.75, 3.05) is 32.5 Å². The van der Waals surface area contributed by atoms with Crippen LogP contribution in [0.3, 0.4) is 0 Å². The molecule has 0 saturated heterocycles. The standard InChI is InChI=1S/C14H25N5O/c1-10-16-11(13(20)18-14(2,3)4)9-12(17-10)15-7-8-19(5)6/h9H,7-8H2,1-6H3,(H,18,20)(H,15,16,17). The van der Waals surface area contributed by atoms with E-state index in [9.17, 15) is 4.79 Å². The number of rotatable bonds is 5. The van der Waals surface area contributed by atoms with Crippen LogP contribution in [0.15, 0.2) is 6.07 Å². The van der Waals surface area contributed by atoms with Crippen LogP contribution in [0.4, 0.5) is 5.82 Å². The van der Waals surface area contributed by atoms with Crippen molar-refractivity contribution in [1.82, 2.24) is 20.2 Å². The summed E-state index contributed by atoms with van der Waals surface area (Å²) >= 11 is 0. The fraction of sp³-hybridized carbons (Fsp3) is 0.643. The molecule has 1 amide bonds. The van der Waals surface area contributed by atoms with Gasteiger partial charge in [0.25, 0.3) is 5.91 Å². The van der Waals surface area contributed by atoms with Crippen LogP contribution in [0.1, 0.15) is 37.1 Å². The molecule has 1 aromatic rings. The summed E-state index contributed by atoms with van der Waals surface area (Å²) in [5, 5.41) is 6.10. The molecular weight excluding hydrogens is 254 g/mol. The minimum Gasteiger partial charge on any atom is -0.369 e. The molecule has 0 spiro atoms. The third kappa shape index (κ3) is 5.97. The molecule has 1 rings (SSSR count). The second-order valence-electron chi connectivity index (χ2n) is 6.12. The number of likely N-dealkylation sites (N-methyl/N-ethyl adjacent to an activating group) is 1. The van der Waals surface area contributed by atoms with Crippen molar-refractivity contribution in [1.29, 1.82) is 0 Å². The third-order valence-corrected chi connectivity index (χ3v) is 2.42. The van der Waals surface area contributed by atoms with Gasteiger partial charge in [-0.15, -0.1) is 0 Å². The predicted molar refractivity (Wildman–Crippen MR) is 81.0 cm³/mol. The lowest BCUT2D eigenvalue weighted by atomic mass is 10.1. The molecule has 0 unspecified atom stereocenters. The zero-order valence-corrected chi connectivity index (χ0v) is 13.2. The molecule has 1 heterocycles. The molecule has 0 bridgehead atoms. The van der Waals surface area contributed by atoms with Crippen molar-refractivity contribution >= 4 is 11.7 Å². The molecule has 0 aliphatic carbocycles. The van der Waals surface area contributed by atoms with Crippen LogP contribution in [-0.2, 0) is 0 Å². The van der Waals surface area contributed by atoms with Crippen molar-refractivity contribution in [3.05, 3.63) is 17.6 Å². The largest absolute Gasteiger partial charge is 0.369 e. The van der Waals surface area contributed by atoms with Gasteiger partial charge in [-0.25, -0.2) is 9.97 Å². The molecule has 0 atom stereocenters. The van der Waals surface area contributed by atoms with Gasteiger partial charge >= 0.3 is 0 Å². The number of hydrogen-bond donors (Lipinski definition) is 2. The fourth-order valence-electron chi connectivity index (χ4n) is 1.59. The van der Waals surface area contributed by atoms with Gasteiger partial charge in [-0.1, -0.05) is 0 Å². The van der Waals surface area contributed by atoms with Gasteiger partial charge in [-0.05, 0) is 41.8 Å². The van der Waals surface area contributed by atoms with Gasteiger partial charge in [0.15, 0.2) is 0 Å². The Bertz CT molecular complexity index is 465. The molecule has 112 valence electrons. The highest BCUT2D eigenvalue weighted by molar-refractivity contribution is 5.93. The molecule has 0 radical (unpaired) electrons. The topological polar surface area (TPSA) is 70.2 Å². The van der Waals surface area contributed by atoms with E-state index in [4.69, 9.17) is 0 Å². The van der Waals surface area contributed by atoms with E-state index >= 15 is 0 Å². The maximum absolute atomic E-state index is 12.1. The summed E-state index contributed by atoms with van der Waals surface area (Å²) in [5.41, 5.74) is 0.105. The van der Waals surface area contributed by atoms with Crippen LogP contribution in [0.2, 0.25) is 0 Å². The van der Waals surface area contributed by atoms with Gasteiger partial charge in [-0.3, -0.25) is 4.79 Å². The summed E-state index contributed by atoms with van der Waals surface area (Å²) in [4.78, 5) is 22.7. The fourth-order valence-corrected chi connectivity index (χ4v) is 1.59.